The second-order valence-corrected chi connectivity index (χ2v) is 5.92. The summed E-state index contributed by atoms with van der Waals surface area (Å²) in [7, 11) is 2.70. The lowest BCUT2D eigenvalue weighted by atomic mass is 10.1. The van der Waals surface area contributed by atoms with Crippen molar-refractivity contribution in [3.63, 3.8) is 0 Å². The molecule has 2 rings (SSSR count). The Morgan fingerprint density at radius 3 is 1.40 bits per heavy atom. The topological polar surface area (TPSA) is 127 Å². The van der Waals surface area contributed by atoms with E-state index in [2.05, 4.69) is 0 Å². The molecular weight excluding hydrogens is 392 g/mol. The number of allylic oxidation sites excluding steroid dienone is 2. The van der Waals surface area contributed by atoms with Gasteiger partial charge in [-0.05, 0) is 47.5 Å². The normalized spacial score (nSPS) is 10.9. The summed E-state index contributed by atoms with van der Waals surface area (Å²) < 4.78 is 9.86. The van der Waals surface area contributed by atoms with E-state index in [4.69, 9.17) is 9.47 Å². The number of hydrogen-bond acceptors (Lipinski definition) is 8. The smallest absolute Gasteiger partial charge is 0.276 e. The Kier molecular flexibility index (Phi) is 7.24. The SMILES string of the molecule is COc1cc(/C=C/C(=O)C(=O)C(=O)C(=O)/C=C/c2ccc(O)c(OC)c2)ccc1O. The zero-order chi connectivity index (χ0) is 22.3. The molecule has 0 aliphatic heterocycles. The van der Waals surface area contributed by atoms with Gasteiger partial charge in [-0.1, -0.05) is 24.3 Å². The number of ketones is 4. The van der Waals surface area contributed by atoms with Crippen LogP contribution in [-0.4, -0.2) is 47.6 Å². The lowest BCUT2D eigenvalue weighted by Gasteiger charge is -2.03. The number of carbonyl (C=O) groups excluding carboxylic acids is 4. The van der Waals surface area contributed by atoms with Gasteiger partial charge in [0.2, 0.25) is 11.6 Å². The van der Waals surface area contributed by atoms with Crippen LogP contribution in [-0.2, 0) is 19.2 Å². The van der Waals surface area contributed by atoms with E-state index >= 15 is 0 Å². The molecule has 0 aromatic heterocycles. The van der Waals surface area contributed by atoms with Crippen molar-refractivity contribution in [1.82, 2.24) is 0 Å². The molecule has 0 unspecified atom stereocenters. The van der Waals surface area contributed by atoms with Gasteiger partial charge in [-0.2, -0.15) is 0 Å². The first kappa shape index (κ1) is 22.1. The summed E-state index contributed by atoms with van der Waals surface area (Å²) in [4.78, 5) is 47.7. The monoisotopic (exact) mass is 410 g/mol. The van der Waals surface area contributed by atoms with Gasteiger partial charge in [0, 0.05) is 0 Å². The van der Waals surface area contributed by atoms with Gasteiger partial charge in [0.15, 0.2) is 23.0 Å². The van der Waals surface area contributed by atoms with Crippen molar-refractivity contribution >= 4 is 35.3 Å². The first-order valence-electron chi connectivity index (χ1n) is 8.54. The average Bonchev–Trinajstić information content (AvgIpc) is 2.76. The fraction of sp³-hybridized carbons (Fsp3) is 0.0909. The fourth-order valence-electron chi connectivity index (χ4n) is 2.31. The number of benzene rings is 2. The third kappa shape index (κ3) is 5.41. The van der Waals surface area contributed by atoms with Crippen molar-refractivity contribution in [3.8, 4) is 23.0 Å². The maximum absolute atomic E-state index is 11.9. The molecule has 2 aromatic rings. The molecule has 0 spiro atoms. The quantitative estimate of drug-likeness (QED) is 0.366. The molecule has 154 valence electrons. The van der Waals surface area contributed by atoms with Crippen LogP contribution >= 0.6 is 0 Å². The first-order valence-corrected chi connectivity index (χ1v) is 8.54. The number of Topliss-reactive ketones (excluding diaryl/α,β-unsaturated/α-hetero) is 2. The Morgan fingerprint density at radius 2 is 1.07 bits per heavy atom. The summed E-state index contributed by atoms with van der Waals surface area (Å²) in [5.41, 5.74) is 0.872. The summed E-state index contributed by atoms with van der Waals surface area (Å²) >= 11 is 0. The molecule has 8 nitrogen and oxygen atoms in total. The lowest BCUT2D eigenvalue weighted by molar-refractivity contribution is -0.146. The first-order chi connectivity index (χ1) is 14.3. The second-order valence-electron chi connectivity index (χ2n) is 5.92. The molecule has 0 amide bonds. The molecule has 0 saturated heterocycles. The van der Waals surface area contributed by atoms with Crippen LogP contribution in [0.3, 0.4) is 0 Å². The van der Waals surface area contributed by atoms with Crippen molar-refractivity contribution in [2.24, 2.45) is 0 Å². The summed E-state index contributed by atoms with van der Waals surface area (Å²) in [5.74, 6) is -5.16. The van der Waals surface area contributed by atoms with E-state index in [9.17, 15) is 29.4 Å². The molecule has 30 heavy (non-hydrogen) atoms. The summed E-state index contributed by atoms with van der Waals surface area (Å²) in [6, 6.07) is 8.45. The van der Waals surface area contributed by atoms with Gasteiger partial charge in [0.1, 0.15) is 0 Å². The van der Waals surface area contributed by atoms with Crippen LogP contribution in [0, 0.1) is 0 Å². The molecule has 0 atom stereocenters. The Balaban J connectivity index is 2.06. The van der Waals surface area contributed by atoms with Crippen molar-refractivity contribution in [2.45, 2.75) is 0 Å². The molecular formula is C22H18O8. The van der Waals surface area contributed by atoms with Crippen LogP contribution in [0.2, 0.25) is 0 Å². The van der Waals surface area contributed by atoms with Gasteiger partial charge in [-0.15, -0.1) is 0 Å². The summed E-state index contributed by atoms with van der Waals surface area (Å²) in [6.45, 7) is 0. The summed E-state index contributed by atoms with van der Waals surface area (Å²) in [5, 5.41) is 19.1. The number of aromatic hydroxyl groups is 2. The average molecular weight is 410 g/mol. The van der Waals surface area contributed by atoms with Crippen molar-refractivity contribution in [3.05, 3.63) is 59.7 Å². The van der Waals surface area contributed by atoms with E-state index in [-0.39, 0.29) is 23.0 Å². The van der Waals surface area contributed by atoms with Gasteiger partial charge in [-0.3, -0.25) is 19.2 Å². The maximum atomic E-state index is 11.9. The third-order valence-corrected chi connectivity index (χ3v) is 3.92. The Labute approximate surface area is 171 Å². The van der Waals surface area contributed by atoms with Crippen molar-refractivity contribution in [1.29, 1.82) is 0 Å². The number of hydrogen-bond donors (Lipinski definition) is 2. The number of ether oxygens (including phenoxy) is 2. The highest BCUT2D eigenvalue weighted by atomic mass is 16.5. The van der Waals surface area contributed by atoms with Gasteiger partial charge in [0.05, 0.1) is 14.2 Å². The Morgan fingerprint density at radius 1 is 0.700 bits per heavy atom. The highest BCUT2D eigenvalue weighted by Gasteiger charge is 2.25. The van der Waals surface area contributed by atoms with Crippen LogP contribution < -0.4 is 9.47 Å². The van der Waals surface area contributed by atoms with E-state index in [1.165, 1.54) is 62.8 Å². The van der Waals surface area contributed by atoms with E-state index in [1.54, 1.807) is 0 Å². The molecule has 0 fully saturated rings. The third-order valence-electron chi connectivity index (χ3n) is 3.92. The number of carbonyl (C=O) groups is 4. The minimum Gasteiger partial charge on any atom is -0.504 e. The molecule has 2 N–H and O–H groups in total. The van der Waals surface area contributed by atoms with Crippen LogP contribution in [0.4, 0.5) is 0 Å². The lowest BCUT2D eigenvalue weighted by Crippen LogP contribution is -2.28. The number of phenols is 2. The van der Waals surface area contributed by atoms with Gasteiger partial charge < -0.3 is 19.7 Å². The van der Waals surface area contributed by atoms with Crippen LogP contribution in [0.15, 0.2) is 48.6 Å². The van der Waals surface area contributed by atoms with Gasteiger partial charge in [0.25, 0.3) is 11.6 Å². The number of phenolic OH excluding ortho intramolecular Hbond substituents is 2. The Bertz CT molecular complexity index is 977. The number of methoxy groups -OCH3 is 2. The van der Waals surface area contributed by atoms with E-state index < -0.39 is 23.1 Å². The molecule has 0 bridgehead atoms. The predicted molar refractivity (Wildman–Crippen MR) is 107 cm³/mol. The summed E-state index contributed by atoms with van der Waals surface area (Å²) in [6.07, 6.45) is 4.21. The molecule has 8 heteroatoms. The zero-order valence-corrected chi connectivity index (χ0v) is 16.1. The molecule has 2 aromatic carbocycles. The van der Waals surface area contributed by atoms with Crippen LogP contribution in [0.5, 0.6) is 23.0 Å². The molecule has 0 radical (unpaired) electrons. The predicted octanol–water partition coefficient (Wildman–Crippen LogP) is 2.12. The van der Waals surface area contributed by atoms with Crippen molar-refractivity contribution < 1.29 is 38.9 Å². The number of rotatable bonds is 9. The second kappa shape index (κ2) is 9.83. The van der Waals surface area contributed by atoms with Gasteiger partial charge in [-0.25, -0.2) is 0 Å². The van der Waals surface area contributed by atoms with Crippen molar-refractivity contribution in [2.75, 3.05) is 14.2 Å². The molecule has 0 aliphatic rings. The van der Waals surface area contributed by atoms with E-state index in [0.717, 1.165) is 12.2 Å². The highest BCUT2D eigenvalue weighted by Crippen LogP contribution is 2.27. The Hall–Kier alpha value is -4.20. The fourth-order valence-corrected chi connectivity index (χ4v) is 2.31. The zero-order valence-electron chi connectivity index (χ0n) is 16.1. The minimum atomic E-state index is -1.48. The molecule has 0 saturated carbocycles. The minimum absolute atomic E-state index is 0.101. The molecule has 0 heterocycles. The maximum Gasteiger partial charge on any atom is 0.276 e. The molecule has 0 aliphatic carbocycles. The highest BCUT2D eigenvalue weighted by molar-refractivity contribution is 6.80. The standard InChI is InChI=1S/C22H18O8/c1-29-19-11-13(3-7-15(19)23)5-9-17(25)21(27)22(28)18(26)10-6-14-4-8-16(24)20(12-14)30-2/h3-12,23-24H,1-2H3/b9-5+,10-6+. The van der Waals surface area contributed by atoms with E-state index in [0.29, 0.717) is 11.1 Å². The van der Waals surface area contributed by atoms with Crippen LogP contribution in [0.25, 0.3) is 12.2 Å². The van der Waals surface area contributed by atoms with Gasteiger partial charge >= 0.3 is 0 Å². The van der Waals surface area contributed by atoms with E-state index in [1.807, 2.05) is 0 Å². The largest absolute Gasteiger partial charge is 0.504 e. The van der Waals surface area contributed by atoms with Crippen LogP contribution in [0.1, 0.15) is 11.1 Å².